The van der Waals surface area contributed by atoms with Crippen molar-refractivity contribution in [3.05, 3.63) is 59.2 Å². The smallest absolute Gasteiger partial charge is 0.270 e. The summed E-state index contributed by atoms with van der Waals surface area (Å²) in [7, 11) is 3.34. The number of anilines is 1. The largest absolute Gasteiger partial charge is 0.375 e. The highest BCUT2D eigenvalue weighted by atomic mass is 19.3. The minimum absolute atomic E-state index is 0.0777. The number of carbonyl (C=O) groups is 4. The highest BCUT2D eigenvalue weighted by Crippen LogP contribution is 2.36. The predicted octanol–water partition coefficient (Wildman–Crippen LogP) is 3.13. The normalized spacial score (nSPS) is 20.2. The second kappa shape index (κ2) is 16.2. The van der Waals surface area contributed by atoms with Gasteiger partial charge in [0.05, 0.1) is 5.69 Å². The molecule has 2 unspecified atom stereocenters. The third kappa shape index (κ3) is 8.61. The number of hydrogen-bond donors (Lipinski definition) is 3. The summed E-state index contributed by atoms with van der Waals surface area (Å²) in [5, 5.41) is 12.0. The summed E-state index contributed by atoms with van der Waals surface area (Å²) >= 11 is 0. The van der Waals surface area contributed by atoms with Gasteiger partial charge in [0, 0.05) is 51.4 Å². The second-order valence-electron chi connectivity index (χ2n) is 12.5. The van der Waals surface area contributed by atoms with Gasteiger partial charge in [-0.05, 0) is 75.4 Å². The molecule has 262 valence electrons. The number of halogens is 3. The Hall–Kier alpha value is -4.24. The number of aromatic nitrogens is 2. The van der Waals surface area contributed by atoms with Crippen LogP contribution in [0.15, 0.2) is 42.1 Å². The highest BCUT2D eigenvalue weighted by Gasteiger charge is 2.37. The number of nitrogens with one attached hydrogen (secondary N) is 3. The van der Waals surface area contributed by atoms with E-state index in [1.807, 2.05) is 14.0 Å². The summed E-state index contributed by atoms with van der Waals surface area (Å²) in [4.78, 5) is 56.8. The van der Waals surface area contributed by atoms with E-state index in [9.17, 15) is 28.0 Å². The Morgan fingerprint density at radius 3 is 2.50 bits per heavy atom. The molecule has 2 fully saturated rings. The van der Waals surface area contributed by atoms with Crippen LogP contribution in [0, 0.1) is 11.7 Å². The van der Waals surface area contributed by atoms with Gasteiger partial charge >= 0.3 is 0 Å². The molecule has 1 aromatic heterocycles. The number of hydrogen-bond acceptors (Lipinski definition) is 7. The maximum atomic E-state index is 15.6. The van der Waals surface area contributed by atoms with E-state index in [1.165, 1.54) is 36.2 Å². The van der Waals surface area contributed by atoms with Gasteiger partial charge in [-0.3, -0.25) is 23.9 Å². The lowest BCUT2D eigenvalue weighted by Crippen LogP contribution is -2.58. The number of piperazine rings is 1. The van der Waals surface area contributed by atoms with Gasteiger partial charge in [-0.25, -0.2) is 4.39 Å². The van der Waals surface area contributed by atoms with Crippen molar-refractivity contribution in [1.29, 1.82) is 0 Å². The number of ether oxygens (including phenoxy) is 1. The molecule has 0 bridgehead atoms. The number of methoxy groups -OCH3 is 1. The van der Waals surface area contributed by atoms with Crippen LogP contribution >= 0.6 is 0 Å². The maximum absolute atomic E-state index is 15.6. The van der Waals surface area contributed by atoms with Crippen LogP contribution in [0.25, 0.3) is 0 Å². The summed E-state index contributed by atoms with van der Waals surface area (Å²) in [6.07, 6.45) is -0.155. The Morgan fingerprint density at radius 2 is 1.88 bits per heavy atom. The van der Waals surface area contributed by atoms with Crippen LogP contribution in [0.2, 0.25) is 0 Å². The molecule has 1 aliphatic carbocycles. The van der Waals surface area contributed by atoms with Crippen molar-refractivity contribution in [2.75, 3.05) is 45.7 Å². The van der Waals surface area contributed by atoms with Gasteiger partial charge in [-0.1, -0.05) is 13.0 Å². The summed E-state index contributed by atoms with van der Waals surface area (Å²) < 4.78 is 48.8. The van der Waals surface area contributed by atoms with Gasteiger partial charge in [-0.2, -0.15) is 13.9 Å². The predicted molar refractivity (Wildman–Crippen MR) is 172 cm³/mol. The molecular weight excluding hydrogens is 631 g/mol. The number of nitrogens with zero attached hydrogens (tertiary/aromatic N) is 4. The van der Waals surface area contributed by atoms with E-state index < -0.39 is 53.5 Å². The minimum atomic E-state index is -1.81. The number of amides is 4. The molecule has 1 aromatic carbocycles. The number of rotatable bonds is 12. The first-order valence-corrected chi connectivity index (χ1v) is 16.1. The van der Waals surface area contributed by atoms with Crippen LogP contribution in [0.3, 0.4) is 0 Å². The zero-order chi connectivity index (χ0) is 35.1. The molecule has 2 heterocycles. The number of likely N-dealkylation sites (N-methyl/N-ethyl adjacent to an activating group) is 1. The van der Waals surface area contributed by atoms with E-state index in [0.29, 0.717) is 31.7 Å². The van der Waals surface area contributed by atoms with Crippen molar-refractivity contribution in [3.63, 3.8) is 0 Å². The van der Waals surface area contributed by atoms with Gasteiger partial charge in [0.1, 0.15) is 30.2 Å². The first kappa shape index (κ1) is 36.6. The van der Waals surface area contributed by atoms with Crippen LogP contribution in [0.1, 0.15) is 62.0 Å². The summed E-state index contributed by atoms with van der Waals surface area (Å²) in [6.45, 7) is 7.22. The molecule has 1 aliphatic heterocycles. The summed E-state index contributed by atoms with van der Waals surface area (Å²) in [5.74, 6) is -4.30. The highest BCUT2D eigenvalue weighted by molar-refractivity contribution is 6.01. The van der Waals surface area contributed by atoms with Gasteiger partial charge in [0.2, 0.25) is 17.7 Å². The lowest BCUT2D eigenvalue weighted by Gasteiger charge is -2.40. The quantitative estimate of drug-likeness (QED) is 0.315. The van der Waals surface area contributed by atoms with E-state index in [2.05, 4.69) is 25.9 Å². The zero-order valence-electron chi connectivity index (χ0n) is 27.9. The lowest BCUT2D eigenvalue weighted by molar-refractivity contribution is -0.140. The Morgan fingerprint density at radius 1 is 1.12 bits per heavy atom. The monoisotopic (exact) mass is 675 g/mol. The molecule has 0 radical (unpaired) electrons. The molecule has 2 aliphatic rings. The number of benzene rings is 1. The average molecular weight is 676 g/mol. The van der Waals surface area contributed by atoms with Crippen LogP contribution in [0.4, 0.5) is 18.9 Å². The topological polar surface area (TPSA) is 138 Å². The lowest BCUT2D eigenvalue weighted by atomic mass is 9.91. The van der Waals surface area contributed by atoms with E-state index in [0.717, 1.165) is 0 Å². The fourth-order valence-corrected chi connectivity index (χ4v) is 6.24. The van der Waals surface area contributed by atoms with E-state index in [1.54, 1.807) is 24.8 Å². The zero-order valence-corrected chi connectivity index (χ0v) is 27.9. The van der Waals surface area contributed by atoms with E-state index >= 15 is 4.39 Å². The SMILES string of the molecule is CCn1nccc1C(=O)NC(C(=O)Nc1ccc([C@H](C)[C@@H](NC(=O)COC)C(=O)N2CCN(C)[C@H](C)C2)cc1F)C1CCC(=C(F)F)C1. The molecule has 0 spiro atoms. The van der Waals surface area contributed by atoms with Crippen molar-refractivity contribution in [2.45, 2.75) is 70.6 Å². The van der Waals surface area contributed by atoms with Crippen LogP contribution in [0.5, 0.6) is 0 Å². The fourth-order valence-electron chi connectivity index (χ4n) is 6.24. The molecule has 2 aromatic rings. The molecule has 12 nitrogen and oxygen atoms in total. The molecule has 1 saturated carbocycles. The van der Waals surface area contributed by atoms with Crippen molar-refractivity contribution in [3.8, 4) is 0 Å². The van der Waals surface area contributed by atoms with Crippen LogP contribution in [-0.2, 0) is 25.7 Å². The Balaban J connectivity index is 1.55. The van der Waals surface area contributed by atoms with Gasteiger partial charge in [0.15, 0.2) is 0 Å². The summed E-state index contributed by atoms with van der Waals surface area (Å²) in [5.41, 5.74) is 0.310. The Kier molecular flexibility index (Phi) is 12.4. The van der Waals surface area contributed by atoms with E-state index in [-0.39, 0.29) is 54.8 Å². The third-order valence-electron chi connectivity index (χ3n) is 9.29. The third-order valence-corrected chi connectivity index (χ3v) is 9.29. The number of allylic oxidation sites excluding steroid dienone is 1. The van der Waals surface area contributed by atoms with Gasteiger partial charge in [-0.15, -0.1) is 0 Å². The van der Waals surface area contributed by atoms with Crippen molar-refractivity contribution < 1.29 is 37.1 Å². The molecule has 5 atom stereocenters. The molecular formula is C33H44F3N7O5. The van der Waals surface area contributed by atoms with Crippen LogP contribution in [-0.4, -0.2) is 102 Å². The standard InChI is InChI=1S/C33H44F3N7O5/c1-6-43-26(11-12-37-43)31(45)40-29(22-7-8-23(15-22)30(35)36)32(46)38-25-10-9-21(16-24(25)34)20(3)28(39-27(44)18-48-5)33(47)42-14-13-41(4)19(2)17-42/h9-12,16,19-20,22,28-29H,6-8,13-15,17-18H2,1-5H3,(H,38,46)(H,39,44)(H,40,45)/t19-,20+,22?,28-,29?/m1/s1. The number of carbonyl (C=O) groups excluding carboxylic acids is 4. The first-order valence-electron chi connectivity index (χ1n) is 16.1. The van der Waals surface area contributed by atoms with Crippen molar-refractivity contribution in [1.82, 2.24) is 30.2 Å². The molecule has 1 saturated heterocycles. The maximum Gasteiger partial charge on any atom is 0.270 e. The fraction of sp³-hybridized carbons (Fsp3) is 0.545. The van der Waals surface area contributed by atoms with Gasteiger partial charge in [0.25, 0.3) is 12.0 Å². The summed E-state index contributed by atoms with van der Waals surface area (Å²) in [6, 6.07) is 3.39. The van der Waals surface area contributed by atoms with Crippen molar-refractivity contribution in [2.24, 2.45) is 5.92 Å². The van der Waals surface area contributed by atoms with Gasteiger partial charge < -0.3 is 30.5 Å². The Labute approximate surface area is 278 Å². The molecule has 4 rings (SSSR count). The number of aryl methyl sites for hydroxylation is 1. The van der Waals surface area contributed by atoms with E-state index in [4.69, 9.17) is 4.74 Å². The molecule has 3 N–H and O–H groups in total. The second-order valence-corrected chi connectivity index (χ2v) is 12.5. The first-order chi connectivity index (χ1) is 22.8. The Bertz CT molecular complexity index is 1530. The molecule has 15 heteroatoms. The minimum Gasteiger partial charge on any atom is -0.375 e. The molecule has 48 heavy (non-hydrogen) atoms. The van der Waals surface area contributed by atoms with Crippen molar-refractivity contribution >= 4 is 29.3 Å². The van der Waals surface area contributed by atoms with Crippen LogP contribution < -0.4 is 16.0 Å². The average Bonchev–Trinajstić information content (AvgIpc) is 3.75. The molecule has 4 amide bonds.